The summed E-state index contributed by atoms with van der Waals surface area (Å²) >= 11 is 0. The molecule has 2 N–H and O–H groups in total. The minimum absolute atomic E-state index is 0.117. The molecule has 0 saturated carbocycles. The van der Waals surface area contributed by atoms with Crippen LogP contribution >= 0.6 is 0 Å². The van der Waals surface area contributed by atoms with Crippen LogP contribution in [-0.4, -0.2) is 25.0 Å². The second-order valence-electron chi connectivity index (χ2n) is 14.5. The average Bonchev–Trinajstić information content (AvgIpc) is 3.60. The molecule has 1 aliphatic rings. The maximum Gasteiger partial charge on any atom is 0.262 e. The molecule has 0 unspecified atom stereocenters. The SMILES string of the molecule is O=C(COc1ccc(-c2ccccc2)cc1)Nc1ccc(C2(c3ccc(NC(=O)COc4ccc(-c5ccccc5)cc4)cc3)c3ccccc3-c3ccccc32)cc1. The summed E-state index contributed by atoms with van der Waals surface area (Å²) in [5.74, 6) is 0.750. The van der Waals surface area contributed by atoms with E-state index in [0.29, 0.717) is 22.9 Å². The molecule has 0 heterocycles. The Morgan fingerprint density at radius 1 is 0.373 bits per heavy atom. The van der Waals surface area contributed by atoms with Crippen molar-refractivity contribution in [1.82, 2.24) is 0 Å². The van der Waals surface area contributed by atoms with E-state index in [1.54, 1.807) is 0 Å². The van der Waals surface area contributed by atoms with E-state index < -0.39 is 5.41 Å². The van der Waals surface area contributed by atoms with Crippen molar-refractivity contribution < 1.29 is 19.1 Å². The van der Waals surface area contributed by atoms with Crippen LogP contribution in [0.4, 0.5) is 11.4 Å². The van der Waals surface area contributed by atoms with Gasteiger partial charge in [-0.3, -0.25) is 9.59 Å². The molecule has 0 atom stereocenters. The van der Waals surface area contributed by atoms with Gasteiger partial charge >= 0.3 is 0 Å². The third-order valence-electron chi connectivity index (χ3n) is 10.8. The largest absolute Gasteiger partial charge is 0.484 e. The fourth-order valence-electron chi connectivity index (χ4n) is 8.07. The Kier molecular flexibility index (Phi) is 10.3. The zero-order chi connectivity index (χ0) is 40.0. The molecule has 1 aliphatic carbocycles. The first-order valence-corrected chi connectivity index (χ1v) is 19.6. The number of amides is 2. The summed E-state index contributed by atoms with van der Waals surface area (Å²) in [6.45, 7) is -0.234. The first kappa shape index (κ1) is 36.9. The van der Waals surface area contributed by atoms with Crippen LogP contribution in [0.25, 0.3) is 33.4 Å². The first-order valence-electron chi connectivity index (χ1n) is 19.6. The summed E-state index contributed by atoms with van der Waals surface area (Å²) in [7, 11) is 0. The van der Waals surface area contributed by atoms with Crippen molar-refractivity contribution in [2.24, 2.45) is 0 Å². The molecular weight excluding hydrogens is 729 g/mol. The standard InChI is InChI=1S/C53H40N2O4/c56-51(35-58-45-31-19-39(20-32-45)37-11-3-1-4-12-37)54-43-27-23-41(24-28-43)53(49-17-9-7-15-47(49)48-16-8-10-18-50(48)53)42-25-29-44(30-26-42)55-52(57)36-59-46-33-21-40(22-34-46)38-13-5-2-6-14-38/h1-34H,35-36H2,(H,54,56)(H,55,57). The number of ether oxygens (including phenoxy) is 2. The maximum absolute atomic E-state index is 13.0. The summed E-state index contributed by atoms with van der Waals surface area (Å²) in [4.78, 5) is 26.1. The van der Waals surface area contributed by atoms with Crippen LogP contribution < -0.4 is 20.1 Å². The molecule has 6 heteroatoms. The Labute approximate surface area is 343 Å². The first-order chi connectivity index (χ1) is 29.0. The number of benzene rings is 8. The maximum atomic E-state index is 13.0. The Balaban J connectivity index is 0.911. The van der Waals surface area contributed by atoms with Gasteiger partial charge in [0, 0.05) is 11.4 Å². The summed E-state index contributed by atoms with van der Waals surface area (Å²) in [6, 6.07) is 68.8. The Morgan fingerprint density at radius 2 is 0.712 bits per heavy atom. The average molecular weight is 769 g/mol. The Morgan fingerprint density at radius 3 is 1.10 bits per heavy atom. The lowest BCUT2D eigenvalue weighted by Gasteiger charge is -2.34. The van der Waals surface area contributed by atoms with E-state index in [1.807, 2.05) is 109 Å². The van der Waals surface area contributed by atoms with E-state index in [4.69, 9.17) is 9.47 Å². The molecule has 0 saturated heterocycles. The van der Waals surface area contributed by atoms with Crippen LogP contribution in [0.15, 0.2) is 206 Å². The normalized spacial score (nSPS) is 12.1. The minimum atomic E-state index is -0.650. The van der Waals surface area contributed by atoms with Crippen LogP contribution in [0.3, 0.4) is 0 Å². The second kappa shape index (κ2) is 16.4. The van der Waals surface area contributed by atoms with Crippen molar-refractivity contribution >= 4 is 23.2 Å². The van der Waals surface area contributed by atoms with Crippen LogP contribution in [0.2, 0.25) is 0 Å². The topological polar surface area (TPSA) is 76.7 Å². The number of nitrogens with one attached hydrogen (secondary N) is 2. The van der Waals surface area contributed by atoms with Gasteiger partial charge in [0.25, 0.3) is 11.8 Å². The molecule has 2 amide bonds. The molecule has 286 valence electrons. The number of carbonyl (C=O) groups is 2. The van der Waals surface area contributed by atoms with Crippen LogP contribution in [0, 0.1) is 0 Å². The highest BCUT2D eigenvalue weighted by Crippen LogP contribution is 2.56. The molecule has 0 fully saturated rings. The number of hydrogen-bond acceptors (Lipinski definition) is 4. The third kappa shape index (κ3) is 7.59. The molecule has 0 aromatic heterocycles. The van der Waals surface area contributed by atoms with Gasteiger partial charge in [-0.05, 0) is 104 Å². The number of fused-ring (bicyclic) bond motifs is 3. The zero-order valence-corrected chi connectivity index (χ0v) is 32.2. The minimum Gasteiger partial charge on any atom is -0.484 e. The van der Waals surface area contributed by atoms with Gasteiger partial charge in [0.1, 0.15) is 11.5 Å². The number of carbonyl (C=O) groups excluding carboxylic acids is 2. The molecule has 6 nitrogen and oxygen atoms in total. The Hall–Kier alpha value is -7.70. The van der Waals surface area contributed by atoms with Gasteiger partial charge in [-0.1, -0.05) is 158 Å². The van der Waals surface area contributed by atoms with Crippen molar-refractivity contribution in [2.75, 3.05) is 23.8 Å². The summed E-state index contributed by atoms with van der Waals surface area (Å²) in [5.41, 5.74) is 11.8. The van der Waals surface area contributed by atoms with Gasteiger partial charge in [0.15, 0.2) is 13.2 Å². The van der Waals surface area contributed by atoms with Crippen molar-refractivity contribution in [3.05, 3.63) is 229 Å². The number of hydrogen-bond donors (Lipinski definition) is 2. The molecule has 0 radical (unpaired) electrons. The smallest absolute Gasteiger partial charge is 0.262 e. The fourth-order valence-corrected chi connectivity index (χ4v) is 8.07. The zero-order valence-electron chi connectivity index (χ0n) is 32.2. The van der Waals surface area contributed by atoms with Gasteiger partial charge in [-0.2, -0.15) is 0 Å². The van der Waals surface area contributed by atoms with E-state index in [0.717, 1.165) is 44.5 Å². The second-order valence-corrected chi connectivity index (χ2v) is 14.5. The Bertz CT molecular complexity index is 2520. The fraction of sp³-hybridized carbons (Fsp3) is 0.0566. The third-order valence-corrected chi connectivity index (χ3v) is 10.8. The monoisotopic (exact) mass is 768 g/mol. The van der Waals surface area contributed by atoms with E-state index in [1.165, 1.54) is 11.1 Å². The van der Waals surface area contributed by atoms with Crippen LogP contribution in [0.1, 0.15) is 22.3 Å². The predicted molar refractivity (Wildman–Crippen MR) is 236 cm³/mol. The summed E-state index contributed by atoms with van der Waals surface area (Å²) in [5, 5.41) is 6.00. The van der Waals surface area contributed by atoms with E-state index >= 15 is 0 Å². The van der Waals surface area contributed by atoms with Gasteiger partial charge in [0.05, 0.1) is 5.41 Å². The molecular formula is C53H40N2O4. The summed E-state index contributed by atoms with van der Waals surface area (Å²) < 4.78 is 11.7. The molecule has 59 heavy (non-hydrogen) atoms. The molecule has 8 aromatic rings. The predicted octanol–water partition coefficient (Wildman–Crippen LogP) is 11.4. The van der Waals surface area contributed by atoms with Crippen molar-refractivity contribution in [3.8, 4) is 44.9 Å². The van der Waals surface area contributed by atoms with Gasteiger partial charge in [-0.25, -0.2) is 0 Å². The lowest BCUT2D eigenvalue weighted by Crippen LogP contribution is -2.28. The quantitative estimate of drug-likeness (QED) is 0.130. The van der Waals surface area contributed by atoms with Gasteiger partial charge < -0.3 is 20.1 Å². The lowest BCUT2D eigenvalue weighted by molar-refractivity contribution is -0.118. The van der Waals surface area contributed by atoms with E-state index in [2.05, 4.69) is 108 Å². The highest BCUT2D eigenvalue weighted by Gasteiger charge is 2.45. The van der Waals surface area contributed by atoms with Gasteiger partial charge in [-0.15, -0.1) is 0 Å². The molecule has 9 rings (SSSR count). The summed E-state index contributed by atoms with van der Waals surface area (Å²) in [6.07, 6.45) is 0. The molecule has 0 aliphatic heterocycles. The van der Waals surface area contributed by atoms with Crippen molar-refractivity contribution in [3.63, 3.8) is 0 Å². The highest BCUT2D eigenvalue weighted by molar-refractivity contribution is 5.93. The molecule has 0 spiro atoms. The van der Waals surface area contributed by atoms with Gasteiger partial charge in [0.2, 0.25) is 0 Å². The van der Waals surface area contributed by atoms with Crippen LogP contribution in [0.5, 0.6) is 11.5 Å². The van der Waals surface area contributed by atoms with Crippen molar-refractivity contribution in [2.45, 2.75) is 5.41 Å². The molecule has 8 aromatic carbocycles. The van der Waals surface area contributed by atoms with Crippen LogP contribution in [-0.2, 0) is 15.0 Å². The van der Waals surface area contributed by atoms with E-state index in [-0.39, 0.29) is 25.0 Å². The number of rotatable bonds is 12. The number of anilines is 2. The van der Waals surface area contributed by atoms with E-state index in [9.17, 15) is 9.59 Å². The lowest BCUT2D eigenvalue weighted by atomic mass is 9.67. The van der Waals surface area contributed by atoms with Crippen molar-refractivity contribution in [1.29, 1.82) is 0 Å². The highest BCUT2D eigenvalue weighted by atomic mass is 16.5. The molecule has 0 bridgehead atoms.